The summed E-state index contributed by atoms with van der Waals surface area (Å²) in [5.41, 5.74) is 1.92. The van der Waals surface area contributed by atoms with E-state index in [0.29, 0.717) is 6.61 Å². The number of hydrogen-bond donors (Lipinski definition) is 2. The van der Waals surface area contributed by atoms with Crippen molar-refractivity contribution in [2.75, 3.05) is 25.6 Å². The largest absolute Gasteiger partial charge is 0.493 e. The van der Waals surface area contributed by atoms with Crippen LogP contribution in [0.4, 0.5) is 10.5 Å². The molecule has 1 heterocycles. The molecule has 1 atom stereocenters. The van der Waals surface area contributed by atoms with Gasteiger partial charge in [-0.1, -0.05) is 0 Å². The van der Waals surface area contributed by atoms with E-state index in [1.54, 1.807) is 7.11 Å². The Kier molecular flexibility index (Phi) is 4.04. The molecular weight excluding hydrogens is 232 g/mol. The minimum absolute atomic E-state index is 0.0206. The fourth-order valence-electron chi connectivity index (χ4n) is 1.95. The fraction of sp³-hybridized carbons (Fsp3) is 0.462. The van der Waals surface area contributed by atoms with Crippen molar-refractivity contribution in [2.24, 2.45) is 0 Å². The second-order valence-corrected chi connectivity index (χ2v) is 4.38. The van der Waals surface area contributed by atoms with E-state index in [0.717, 1.165) is 30.0 Å². The summed E-state index contributed by atoms with van der Waals surface area (Å²) in [6.45, 7) is 3.10. The van der Waals surface area contributed by atoms with Crippen molar-refractivity contribution in [3.8, 4) is 5.75 Å². The van der Waals surface area contributed by atoms with Crippen molar-refractivity contribution >= 4 is 11.7 Å². The quantitative estimate of drug-likeness (QED) is 0.856. The lowest BCUT2D eigenvalue weighted by Gasteiger charge is -2.13. The molecule has 2 N–H and O–H groups in total. The summed E-state index contributed by atoms with van der Waals surface area (Å²) in [6.07, 6.45) is 0.895. The summed E-state index contributed by atoms with van der Waals surface area (Å²) in [5, 5.41) is 5.59. The summed E-state index contributed by atoms with van der Waals surface area (Å²) in [7, 11) is 1.61. The highest BCUT2D eigenvalue weighted by atomic mass is 16.5. The van der Waals surface area contributed by atoms with Gasteiger partial charge in [0.15, 0.2) is 0 Å². The van der Waals surface area contributed by atoms with Gasteiger partial charge in [-0.25, -0.2) is 4.79 Å². The lowest BCUT2D eigenvalue weighted by Crippen LogP contribution is -2.38. The molecule has 18 heavy (non-hydrogen) atoms. The van der Waals surface area contributed by atoms with Crippen molar-refractivity contribution < 1.29 is 14.3 Å². The van der Waals surface area contributed by atoms with E-state index in [9.17, 15) is 4.79 Å². The lowest BCUT2D eigenvalue weighted by atomic mass is 10.1. The van der Waals surface area contributed by atoms with Gasteiger partial charge in [0.05, 0.1) is 19.3 Å². The Morgan fingerprint density at radius 2 is 2.39 bits per heavy atom. The predicted molar refractivity (Wildman–Crippen MR) is 69.1 cm³/mol. The minimum atomic E-state index is -0.224. The van der Waals surface area contributed by atoms with Crippen LogP contribution < -0.4 is 15.4 Å². The number of benzene rings is 1. The van der Waals surface area contributed by atoms with Crippen LogP contribution >= 0.6 is 0 Å². The summed E-state index contributed by atoms with van der Waals surface area (Å²) < 4.78 is 10.4. The molecule has 0 saturated carbocycles. The third kappa shape index (κ3) is 3.13. The van der Waals surface area contributed by atoms with Crippen molar-refractivity contribution in [3.63, 3.8) is 0 Å². The maximum Gasteiger partial charge on any atom is 0.319 e. The van der Waals surface area contributed by atoms with Gasteiger partial charge in [-0.05, 0) is 30.7 Å². The molecule has 5 nitrogen and oxygen atoms in total. The van der Waals surface area contributed by atoms with Gasteiger partial charge in [0.2, 0.25) is 0 Å². The summed E-state index contributed by atoms with van der Waals surface area (Å²) in [6, 6.07) is 5.43. The summed E-state index contributed by atoms with van der Waals surface area (Å²) >= 11 is 0. The monoisotopic (exact) mass is 250 g/mol. The second-order valence-electron chi connectivity index (χ2n) is 4.38. The van der Waals surface area contributed by atoms with Crippen LogP contribution in [-0.4, -0.2) is 32.4 Å². The normalized spacial score (nSPS) is 14.6. The molecule has 5 heteroatoms. The first-order chi connectivity index (χ1) is 8.69. The highest BCUT2D eigenvalue weighted by Gasteiger charge is 2.13. The standard InChI is InChI=1S/C13H18N2O3/c1-9(8-17-2)14-13(16)15-11-3-4-12-10(7-11)5-6-18-12/h3-4,7,9H,5-6,8H2,1-2H3,(H2,14,15,16). The van der Waals surface area contributed by atoms with Crippen LogP contribution in [0.2, 0.25) is 0 Å². The molecule has 1 aliphatic rings. The van der Waals surface area contributed by atoms with Gasteiger partial charge >= 0.3 is 6.03 Å². The first-order valence-electron chi connectivity index (χ1n) is 6.01. The number of amides is 2. The van der Waals surface area contributed by atoms with Crippen molar-refractivity contribution in [1.82, 2.24) is 5.32 Å². The van der Waals surface area contributed by atoms with E-state index in [1.165, 1.54) is 0 Å². The van der Waals surface area contributed by atoms with E-state index in [1.807, 2.05) is 25.1 Å². The van der Waals surface area contributed by atoms with E-state index in [4.69, 9.17) is 9.47 Å². The molecule has 0 fully saturated rings. The van der Waals surface area contributed by atoms with Gasteiger partial charge in [-0.15, -0.1) is 0 Å². The zero-order chi connectivity index (χ0) is 13.0. The van der Waals surface area contributed by atoms with Gasteiger partial charge in [-0.2, -0.15) is 0 Å². The van der Waals surface area contributed by atoms with Crippen LogP contribution in [0.15, 0.2) is 18.2 Å². The molecule has 1 unspecified atom stereocenters. The van der Waals surface area contributed by atoms with E-state index in [2.05, 4.69) is 10.6 Å². The molecule has 0 radical (unpaired) electrons. The van der Waals surface area contributed by atoms with E-state index >= 15 is 0 Å². The molecule has 1 aromatic rings. The van der Waals surface area contributed by atoms with Gasteiger partial charge in [0.1, 0.15) is 5.75 Å². The van der Waals surface area contributed by atoms with Crippen LogP contribution in [-0.2, 0) is 11.2 Å². The summed E-state index contributed by atoms with van der Waals surface area (Å²) in [4.78, 5) is 11.7. The zero-order valence-electron chi connectivity index (χ0n) is 10.7. The highest BCUT2D eigenvalue weighted by molar-refractivity contribution is 5.89. The Morgan fingerprint density at radius 1 is 1.56 bits per heavy atom. The number of fused-ring (bicyclic) bond motifs is 1. The third-order valence-electron chi connectivity index (χ3n) is 2.74. The number of methoxy groups -OCH3 is 1. The van der Waals surface area contributed by atoms with Gasteiger partial charge in [0.25, 0.3) is 0 Å². The Balaban J connectivity index is 1.91. The molecule has 2 amide bonds. The lowest BCUT2D eigenvalue weighted by molar-refractivity contribution is 0.173. The average Bonchev–Trinajstić information content (AvgIpc) is 2.76. The Morgan fingerprint density at radius 3 is 3.17 bits per heavy atom. The molecule has 0 aliphatic carbocycles. The number of carbonyl (C=O) groups excluding carboxylic acids is 1. The Bertz CT molecular complexity index is 434. The third-order valence-corrected chi connectivity index (χ3v) is 2.74. The van der Waals surface area contributed by atoms with Gasteiger partial charge < -0.3 is 20.1 Å². The molecule has 98 valence electrons. The number of anilines is 1. The van der Waals surface area contributed by atoms with Crippen LogP contribution in [0.3, 0.4) is 0 Å². The smallest absolute Gasteiger partial charge is 0.319 e. The Hall–Kier alpha value is -1.75. The summed E-state index contributed by atoms with van der Waals surface area (Å²) in [5.74, 6) is 0.911. The van der Waals surface area contributed by atoms with Crippen LogP contribution in [0, 0.1) is 0 Å². The number of nitrogens with one attached hydrogen (secondary N) is 2. The molecule has 0 aromatic heterocycles. The van der Waals surface area contributed by atoms with Gasteiger partial charge in [0, 0.05) is 19.2 Å². The average molecular weight is 250 g/mol. The highest BCUT2D eigenvalue weighted by Crippen LogP contribution is 2.27. The molecule has 1 aliphatic heterocycles. The van der Waals surface area contributed by atoms with Crippen molar-refractivity contribution in [1.29, 1.82) is 0 Å². The fourth-order valence-corrected chi connectivity index (χ4v) is 1.95. The van der Waals surface area contributed by atoms with Crippen LogP contribution in [0.5, 0.6) is 5.75 Å². The maximum atomic E-state index is 11.7. The van der Waals surface area contributed by atoms with Crippen LogP contribution in [0.25, 0.3) is 0 Å². The van der Waals surface area contributed by atoms with Crippen molar-refractivity contribution in [2.45, 2.75) is 19.4 Å². The SMILES string of the molecule is COCC(C)NC(=O)Nc1ccc2c(c1)CCO2. The number of hydrogen-bond acceptors (Lipinski definition) is 3. The molecule has 0 spiro atoms. The van der Waals surface area contributed by atoms with Crippen LogP contribution in [0.1, 0.15) is 12.5 Å². The predicted octanol–water partition coefficient (Wildman–Crippen LogP) is 1.78. The Labute approximate surface area is 106 Å². The first-order valence-corrected chi connectivity index (χ1v) is 6.01. The molecule has 0 bridgehead atoms. The van der Waals surface area contributed by atoms with Crippen molar-refractivity contribution in [3.05, 3.63) is 23.8 Å². The first kappa shape index (κ1) is 12.7. The minimum Gasteiger partial charge on any atom is -0.493 e. The number of rotatable bonds is 4. The van der Waals surface area contributed by atoms with Gasteiger partial charge in [-0.3, -0.25) is 0 Å². The van der Waals surface area contributed by atoms with E-state index < -0.39 is 0 Å². The molecule has 2 rings (SSSR count). The molecule has 0 saturated heterocycles. The maximum absolute atomic E-state index is 11.7. The number of carbonyl (C=O) groups is 1. The zero-order valence-corrected chi connectivity index (χ0v) is 10.7. The number of urea groups is 1. The molecular formula is C13H18N2O3. The second kappa shape index (κ2) is 5.73. The number of ether oxygens (including phenoxy) is 2. The topological polar surface area (TPSA) is 59.6 Å². The van der Waals surface area contributed by atoms with E-state index in [-0.39, 0.29) is 12.1 Å². The molecule has 1 aromatic carbocycles.